The molecule has 0 saturated carbocycles. The van der Waals surface area contributed by atoms with Gasteiger partial charge in [-0.2, -0.15) is 0 Å². The Hall–Kier alpha value is -3.67. The molecular weight excluding hydrogens is 449 g/mol. The normalized spacial score (nSPS) is 25.3. The van der Waals surface area contributed by atoms with Crippen LogP contribution in [-0.2, 0) is 4.79 Å². The second-order valence-electron chi connectivity index (χ2n) is 8.24. The fraction of sp³-hybridized carbons (Fsp3) is 0.333. The van der Waals surface area contributed by atoms with Crippen molar-refractivity contribution in [2.24, 2.45) is 5.41 Å². The van der Waals surface area contributed by atoms with Crippen LogP contribution in [0.2, 0.25) is 0 Å². The highest BCUT2D eigenvalue weighted by Crippen LogP contribution is 2.45. The molecule has 1 heterocycles. The van der Waals surface area contributed by atoms with Gasteiger partial charge in [-0.15, -0.1) is 13.2 Å². The minimum absolute atomic E-state index is 0.0560. The van der Waals surface area contributed by atoms with Crippen molar-refractivity contribution in [3.63, 3.8) is 0 Å². The van der Waals surface area contributed by atoms with Crippen LogP contribution in [0.3, 0.4) is 0 Å². The summed E-state index contributed by atoms with van der Waals surface area (Å²) in [6, 6.07) is 9.53. The zero-order valence-electron chi connectivity index (χ0n) is 17.2. The van der Waals surface area contributed by atoms with Crippen LogP contribution in [0.1, 0.15) is 24.8 Å². The fourth-order valence-electron chi connectivity index (χ4n) is 4.35. The van der Waals surface area contributed by atoms with Gasteiger partial charge in [-0.3, -0.25) is 14.9 Å². The van der Waals surface area contributed by atoms with E-state index in [0.29, 0.717) is 0 Å². The number of carbonyl (C=O) groups is 2. The minimum atomic E-state index is -4.94. The van der Waals surface area contributed by atoms with Crippen molar-refractivity contribution in [2.45, 2.75) is 25.6 Å². The van der Waals surface area contributed by atoms with Crippen LogP contribution in [0.5, 0.6) is 5.75 Å². The predicted molar refractivity (Wildman–Crippen MR) is 106 cm³/mol. The number of benzene rings is 2. The summed E-state index contributed by atoms with van der Waals surface area (Å²) in [7, 11) is 0. The smallest absolute Gasteiger partial charge is 0.498 e. The molecule has 1 amide bonds. The monoisotopic (exact) mass is 468 g/mol. The number of amides is 1. The Morgan fingerprint density at radius 1 is 1.21 bits per heavy atom. The Bertz CT molecular complexity index is 1090. The van der Waals surface area contributed by atoms with E-state index in [2.05, 4.69) is 4.74 Å². The lowest BCUT2D eigenvalue weighted by Gasteiger charge is -2.49. The number of carboxylic acid groups (broad SMARTS) is 2. The molecule has 1 N–H and O–H groups in total. The molecule has 1 aliphatic rings. The van der Waals surface area contributed by atoms with E-state index in [1.807, 2.05) is 0 Å². The summed E-state index contributed by atoms with van der Waals surface area (Å²) in [4.78, 5) is 34.8. The standard InChI is InChI=1S/C21H19F3N2O7/c1-20(18(27)28)10-14(13-3-2-4-17(9-13)33-21(22,23)24)11-26(12-20,19(29)30)16-7-5-15(6-8-16)25(31)32/h2-9,14H,10-12H2,1H3,(H-,27,28,29,30). The van der Waals surface area contributed by atoms with Crippen LogP contribution < -0.4 is 14.3 Å². The number of hydrogen-bond acceptors (Lipinski definition) is 6. The minimum Gasteiger partial charge on any atom is -0.498 e. The number of piperidine rings is 1. The molecule has 12 heteroatoms. The van der Waals surface area contributed by atoms with Gasteiger partial charge in [-0.1, -0.05) is 12.1 Å². The SMILES string of the molecule is CC1(C(=O)O)CC(c2cccc(OC(F)(F)F)c2)C[N+](C(=O)[O-])(c2ccc([N+](=O)[O-])cc2)C1. The van der Waals surface area contributed by atoms with Crippen molar-refractivity contribution >= 4 is 23.4 Å². The topological polar surface area (TPSA) is 130 Å². The van der Waals surface area contributed by atoms with Gasteiger partial charge in [-0.05, 0) is 31.0 Å². The maximum absolute atomic E-state index is 12.6. The van der Waals surface area contributed by atoms with Crippen molar-refractivity contribution < 1.29 is 42.6 Å². The number of aliphatic carboxylic acids is 1. The molecule has 1 aliphatic heterocycles. The van der Waals surface area contributed by atoms with Crippen molar-refractivity contribution in [1.82, 2.24) is 4.48 Å². The number of carboxylic acids is 1. The number of non-ortho nitro benzene ring substituents is 1. The Balaban J connectivity index is 2.10. The van der Waals surface area contributed by atoms with Crippen LogP contribution in [0.15, 0.2) is 48.5 Å². The summed E-state index contributed by atoms with van der Waals surface area (Å²) in [5.41, 5.74) is -1.57. The number of ether oxygens (including phenoxy) is 1. The van der Waals surface area contributed by atoms with Crippen LogP contribution >= 0.6 is 0 Å². The van der Waals surface area contributed by atoms with Gasteiger partial charge in [0.25, 0.3) is 11.8 Å². The van der Waals surface area contributed by atoms with Crippen molar-refractivity contribution in [3.8, 4) is 5.75 Å². The summed E-state index contributed by atoms with van der Waals surface area (Å²) < 4.78 is 40.9. The molecule has 0 aromatic heterocycles. The average molecular weight is 468 g/mol. The quantitative estimate of drug-likeness (QED) is 0.404. The van der Waals surface area contributed by atoms with E-state index in [-0.39, 0.29) is 29.9 Å². The highest BCUT2D eigenvalue weighted by Gasteiger charge is 2.53. The van der Waals surface area contributed by atoms with Gasteiger partial charge in [0.1, 0.15) is 23.4 Å². The number of quaternary nitrogens is 1. The highest BCUT2D eigenvalue weighted by atomic mass is 19.4. The van der Waals surface area contributed by atoms with Crippen molar-refractivity contribution in [2.75, 3.05) is 13.1 Å². The molecule has 9 nitrogen and oxygen atoms in total. The number of carbonyl (C=O) groups excluding carboxylic acids is 1. The van der Waals surface area contributed by atoms with E-state index in [9.17, 15) is 43.1 Å². The Labute approximate surface area is 185 Å². The largest absolute Gasteiger partial charge is 0.573 e. The lowest BCUT2D eigenvalue weighted by atomic mass is 9.73. The first-order valence-electron chi connectivity index (χ1n) is 9.68. The Kier molecular flexibility index (Phi) is 6.07. The molecule has 1 fully saturated rings. The first kappa shape index (κ1) is 24.0. The number of hydrogen-bond donors (Lipinski definition) is 1. The highest BCUT2D eigenvalue weighted by molar-refractivity contribution is 5.83. The van der Waals surface area contributed by atoms with Gasteiger partial charge in [0.05, 0.1) is 11.5 Å². The number of nitro benzene ring substituents is 1. The molecule has 2 aromatic rings. The van der Waals surface area contributed by atoms with Crippen LogP contribution in [-0.4, -0.2) is 41.5 Å². The number of nitro groups is 1. The van der Waals surface area contributed by atoms with E-state index >= 15 is 0 Å². The molecule has 3 rings (SSSR count). The third-order valence-corrected chi connectivity index (χ3v) is 5.83. The molecule has 176 valence electrons. The predicted octanol–water partition coefficient (Wildman–Crippen LogP) is 3.42. The molecule has 2 aromatic carbocycles. The lowest BCUT2D eigenvalue weighted by molar-refractivity contribution is -0.384. The van der Waals surface area contributed by atoms with Crippen LogP contribution in [0.25, 0.3) is 0 Å². The maximum Gasteiger partial charge on any atom is 0.573 e. The van der Waals surface area contributed by atoms with Crippen molar-refractivity contribution in [1.29, 1.82) is 0 Å². The molecule has 33 heavy (non-hydrogen) atoms. The van der Waals surface area contributed by atoms with E-state index in [1.165, 1.54) is 31.2 Å². The van der Waals surface area contributed by atoms with Gasteiger partial charge < -0.3 is 19.7 Å². The first-order valence-corrected chi connectivity index (χ1v) is 9.68. The zero-order valence-corrected chi connectivity index (χ0v) is 17.2. The fourth-order valence-corrected chi connectivity index (χ4v) is 4.35. The van der Waals surface area contributed by atoms with Crippen LogP contribution in [0, 0.1) is 15.5 Å². The lowest BCUT2D eigenvalue weighted by Crippen LogP contribution is -2.68. The molecular formula is C21H19F3N2O7. The molecule has 3 unspecified atom stereocenters. The second kappa shape index (κ2) is 8.35. The van der Waals surface area contributed by atoms with Gasteiger partial charge in [0.2, 0.25) is 0 Å². The molecule has 0 aliphatic carbocycles. The first-order chi connectivity index (χ1) is 15.3. The van der Waals surface area contributed by atoms with Gasteiger partial charge >= 0.3 is 12.3 Å². The average Bonchev–Trinajstić information content (AvgIpc) is 2.72. The summed E-state index contributed by atoms with van der Waals surface area (Å²) in [6.07, 6.45) is -6.63. The summed E-state index contributed by atoms with van der Waals surface area (Å²) in [5, 5.41) is 33.2. The molecule has 3 atom stereocenters. The number of likely N-dealkylation sites (tertiary alicyclic amines) is 1. The second-order valence-corrected chi connectivity index (χ2v) is 8.24. The van der Waals surface area contributed by atoms with Gasteiger partial charge in [-0.25, -0.2) is 4.48 Å². The van der Waals surface area contributed by atoms with Crippen LogP contribution in [0.4, 0.5) is 29.3 Å². The van der Waals surface area contributed by atoms with Crippen molar-refractivity contribution in [3.05, 3.63) is 64.2 Å². The number of nitrogens with zero attached hydrogens (tertiary/aromatic N) is 2. The number of rotatable bonds is 5. The number of alkyl halides is 3. The zero-order chi connectivity index (χ0) is 24.6. The van der Waals surface area contributed by atoms with E-state index in [0.717, 1.165) is 24.3 Å². The summed E-state index contributed by atoms with van der Waals surface area (Å²) in [6.45, 7) is 0.690. The summed E-state index contributed by atoms with van der Waals surface area (Å²) in [5.74, 6) is -2.62. The Morgan fingerprint density at radius 2 is 1.85 bits per heavy atom. The number of halogens is 3. The molecule has 0 bridgehead atoms. The van der Waals surface area contributed by atoms with E-state index < -0.39 is 51.5 Å². The van der Waals surface area contributed by atoms with E-state index in [4.69, 9.17) is 0 Å². The maximum atomic E-state index is 12.6. The van der Waals surface area contributed by atoms with E-state index in [1.54, 1.807) is 0 Å². The van der Waals surface area contributed by atoms with Gasteiger partial charge in [0.15, 0.2) is 0 Å². The third kappa shape index (κ3) is 4.90. The van der Waals surface area contributed by atoms with Gasteiger partial charge in [0, 0.05) is 30.2 Å². The Morgan fingerprint density at radius 3 is 2.36 bits per heavy atom. The molecule has 0 spiro atoms. The third-order valence-electron chi connectivity index (χ3n) is 5.83. The molecule has 0 radical (unpaired) electrons. The summed E-state index contributed by atoms with van der Waals surface area (Å²) >= 11 is 0. The molecule has 1 saturated heterocycles.